The van der Waals surface area contributed by atoms with E-state index in [4.69, 9.17) is 0 Å². The first-order valence-corrected chi connectivity index (χ1v) is 26.1. The summed E-state index contributed by atoms with van der Waals surface area (Å²) in [6.07, 6.45) is 3.00. The van der Waals surface area contributed by atoms with Crippen LogP contribution in [-0.4, -0.2) is 23.4 Å². The molecule has 0 aliphatic rings. The maximum Gasteiger partial charge on any atom is 0.237 e. The van der Waals surface area contributed by atoms with Gasteiger partial charge in [-0.3, -0.25) is 4.90 Å². The van der Waals surface area contributed by atoms with Crippen LogP contribution in [0.15, 0.2) is 241 Å². The Morgan fingerprint density at radius 1 is 0.294 bits per heavy atom. The van der Waals surface area contributed by atoms with Gasteiger partial charge in [-0.2, -0.15) is 0 Å². The number of aromatic nitrogens is 3. The van der Waals surface area contributed by atoms with Crippen molar-refractivity contribution in [1.29, 1.82) is 0 Å². The Kier molecular flexibility index (Phi) is 51.2. The van der Waals surface area contributed by atoms with Gasteiger partial charge in [-0.15, -0.1) is 0 Å². The van der Waals surface area contributed by atoms with Gasteiger partial charge in [0.2, 0.25) is 15.8 Å². The summed E-state index contributed by atoms with van der Waals surface area (Å²) in [5, 5.41) is 0. The molecule has 1 heterocycles. The van der Waals surface area contributed by atoms with Gasteiger partial charge in [-0.05, 0) is 59.7 Å². The minimum absolute atomic E-state index is 0.330. The summed E-state index contributed by atoms with van der Waals surface area (Å²) in [4.78, 5) is 15.0. The fourth-order valence-corrected chi connectivity index (χ4v) is 6.17. The van der Waals surface area contributed by atoms with E-state index in [1.54, 1.807) is 60.7 Å². The van der Waals surface area contributed by atoms with Crippen LogP contribution < -0.4 is 4.90 Å². The molecule has 0 unspecified atom stereocenters. The molecule has 0 aliphatic carbocycles. The van der Waals surface area contributed by atoms with Crippen LogP contribution in [0.25, 0.3) is 11.1 Å². The lowest BCUT2D eigenvalue weighted by atomic mass is 10.1. The Labute approximate surface area is 416 Å². The third-order valence-electron chi connectivity index (χ3n) is 7.36. The Morgan fingerprint density at radius 2 is 0.500 bits per heavy atom. The van der Waals surface area contributed by atoms with Crippen molar-refractivity contribution in [3.05, 3.63) is 231 Å². The largest absolute Gasteiger partial charge is 0.279 e. The normalized spacial score (nSPS) is 8.41. The van der Waals surface area contributed by atoms with Gasteiger partial charge in [-0.25, -0.2) is 23.4 Å². The SMILES string of the molecule is CC.CC.CC.CC.CC.CC.CC.CC.O=S(=O)(c1ccccc1)c1ccccc1.c1ccc(-c2ccccc2)cc1.c1ccc(N(c2ccccc2)c2ncncn2)cc1.c1ccccc1. The highest BCUT2D eigenvalue weighted by Crippen LogP contribution is 2.30. The molecule has 6 nitrogen and oxygen atoms in total. The summed E-state index contributed by atoms with van der Waals surface area (Å²) >= 11 is 0. The Bertz CT molecular complexity index is 2020. The topological polar surface area (TPSA) is 76.1 Å². The van der Waals surface area contributed by atoms with E-state index in [2.05, 4.69) is 63.5 Å². The highest BCUT2D eigenvalue weighted by Gasteiger charge is 2.16. The Balaban J connectivity index is -0.000000378. The predicted molar refractivity (Wildman–Crippen MR) is 302 cm³/mol. The van der Waals surface area contributed by atoms with E-state index in [1.807, 2.05) is 225 Å². The average Bonchev–Trinajstić information content (AvgIpc) is 3.48. The molecule has 8 rings (SSSR count). The number of nitrogens with zero attached hydrogens (tertiary/aromatic N) is 4. The quantitative estimate of drug-likeness (QED) is 0.165. The van der Waals surface area contributed by atoms with Crippen LogP contribution in [0.2, 0.25) is 0 Å². The number of anilines is 3. The number of para-hydroxylation sites is 2. The third-order valence-corrected chi connectivity index (χ3v) is 9.15. The first-order chi connectivity index (χ1) is 33.6. The first kappa shape index (κ1) is 67.9. The number of hydrogen-bond donors (Lipinski definition) is 0. The number of rotatable bonds is 6. The minimum atomic E-state index is -3.34. The van der Waals surface area contributed by atoms with Crippen molar-refractivity contribution in [2.24, 2.45) is 0 Å². The molecule has 0 fully saturated rings. The van der Waals surface area contributed by atoms with Crippen molar-refractivity contribution in [2.75, 3.05) is 4.90 Å². The lowest BCUT2D eigenvalue weighted by Crippen LogP contribution is -2.13. The summed E-state index contributed by atoms with van der Waals surface area (Å²) in [5.74, 6) is 0.604. The first-order valence-electron chi connectivity index (χ1n) is 24.6. The molecule has 1 aromatic heterocycles. The van der Waals surface area contributed by atoms with Crippen molar-refractivity contribution >= 4 is 27.2 Å². The lowest BCUT2D eigenvalue weighted by molar-refractivity contribution is 0.596. The van der Waals surface area contributed by atoms with E-state index < -0.39 is 9.84 Å². The van der Waals surface area contributed by atoms with Crippen molar-refractivity contribution in [3.8, 4) is 11.1 Å². The second-order valence-corrected chi connectivity index (χ2v) is 12.9. The zero-order valence-corrected chi connectivity index (χ0v) is 45.3. The Morgan fingerprint density at radius 3 is 0.750 bits per heavy atom. The highest BCUT2D eigenvalue weighted by atomic mass is 32.2. The summed E-state index contributed by atoms with van der Waals surface area (Å²) in [6, 6.07) is 69.7. The van der Waals surface area contributed by atoms with E-state index in [9.17, 15) is 8.42 Å². The fraction of sp³-hybridized carbons (Fsp3) is 0.262. The molecular formula is C61H86N4O2S. The molecule has 0 N–H and O–H groups in total. The molecule has 0 amide bonds. The van der Waals surface area contributed by atoms with E-state index in [0.717, 1.165) is 11.4 Å². The Hall–Kier alpha value is -6.70. The zero-order valence-electron chi connectivity index (χ0n) is 44.5. The smallest absolute Gasteiger partial charge is 0.237 e. The van der Waals surface area contributed by atoms with Crippen LogP contribution in [-0.2, 0) is 9.84 Å². The second-order valence-electron chi connectivity index (χ2n) is 11.0. The van der Waals surface area contributed by atoms with Gasteiger partial charge in [0, 0.05) is 11.4 Å². The highest BCUT2D eigenvalue weighted by molar-refractivity contribution is 7.91. The van der Waals surface area contributed by atoms with Gasteiger partial charge in [0.15, 0.2) is 0 Å². The maximum absolute atomic E-state index is 12.0. The molecule has 0 spiro atoms. The van der Waals surface area contributed by atoms with E-state index in [-0.39, 0.29) is 0 Å². The summed E-state index contributed by atoms with van der Waals surface area (Å²) in [5.41, 5.74) is 4.58. The van der Waals surface area contributed by atoms with Gasteiger partial charge in [0.05, 0.1) is 9.79 Å². The molecule has 68 heavy (non-hydrogen) atoms. The molecule has 0 bridgehead atoms. The van der Waals surface area contributed by atoms with Crippen LogP contribution in [0.1, 0.15) is 111 Å². The second kappa shape index (κ2) is 51.3. The molecule has 8 aromatic rings. The van der Waals surface area contributed by atoms with Crippen molar-refractivity contribution < 1.29 is 8.42 Å². The van der Waals surface area contributed by atoms with Gasteiger partial charge >= 0.3 is 0 Å². The number of sulfone groups is 1. The number of benzene rings is 7. The van der Waals surface area contributed by atoms with Crippen LogP contribution in [0, 0.1) is 0 Å². The molecule has 0 atom stereocenters. The fourth-order valence-electron chi connectivity index (χ4n) is 4.86. The van der Waals surface area contributed by atoms with Crippen LogP contribution in [0.5, 0.6) is 0 Å². The lowest BCUT2D eigenvalue weighted by Gasteiger charge is -2.22. The van der Waals surface area contributed by atoms with Crippen molar-refractivity contribution in [1.82, 2.24) is 15.0 Å². The standard InChI is InChI=1S/C15H12N4.C12H10O2S.C12H10.C6H6.8C2H6/c1-3-7-13(8-4-1)19(14-9-5-2-6-10-14)15-17-11-16-12-18-15;13-15(14,11-7-3-1-4-8-11)12-9-5-2-6-10-12;1-3-7-11(8-4-1)12-9-5-2-6-10-12;1-2-4-6-5-3-1;8*1-2/h1-12H;1-10H;1-10H;1-6H;8*1-2H3. The molecule has 0 saturated heterocycles. The monoisotopic (exact) mass is 939 g/mol. The number of hydrogen-bond acceptors (Lipinski definition) is 6. The van der Waals surface area contributed by atoms with Crippen molar-refractivity contribution in [2.45, 2.75) is 121 Å². The zero-order chi connectivity index (χ0) is 52.1. The van der Waals surface area contributed by atoms with Gasteiger partial charge in [0.1, 0.15) is 12.7 Å². The van der Waals surface area contributed by atoms with E-state index >= 15 is 0 Å². The van der Waals surface area contributed by atoms with Crippen LogP contribution >= 0.6 is 0 Å². The maximum atomic E-state index is 12.0. The summed E-state index contributed by atoms with van der Waals surface area (Å²) < 4.78 is 24.1. The van der Waals surface area contributed by atoms with Crippen LogP contribution in [0.3, 0.4) is 0 Å². The summed E-state index contributed by atoms with van der Waals surface area (Å²) in [7, 11) is -3.34. The average molecular weight is 939 g/mol. The molecule has 0 saturated carbocycles. The van der Waals surface area contributed by atoms with Gasteiger partial charge in [-0.1, -0.05) is 281 Å². The van der Waals surface area contributed by atoms with Gasteiger partial charge in [0.25, 0.3) is 0 Å². The minimum Gasteiger partial charge on any atom is -0.279 e. The van der Waals surface area contributed by atoms with E-state index in [0.29, 0.717) is 15.7 Å². The van der Waals surface area contributed by atoms with Crippen molar-refractivity contribution in [3.63, 3.8) is 0 Å². The molecule has 0 aliphatic heterocycles. The van der Waals surface area contributed by atoms with Crippen LogP contribution in [0.4, 0.5) is 17.3 Å². The summed E-state index contributed by atoms with van der Waals surface area (Å²) in [6.45, 7) is 32.0. The van der Waals surface area contributed by atoms with Gasteiger partial charge < -0.3 is 0 Å². The molecule has 0 radical (unpaired) electrons. The van der Waals surface area contributed by atoms with E-state index in [1.165, 1.54) is 23.8 Å². The molecule has 7 heteroatoms. The third kappa shape index (κ3) is 29.0. The predicted octanol–water partition coefficient (Wildman–Crippen LogP) is 19.1. The molecule has 7 aromatic carbocycles. The molecule has 368 valence electrons. The molecular weight excluding hydrogens is 853 g/mol.